The summed E-state index contributed by atoms with van der Waals surface area (Å²) >= 11 is 0. The van der Waals surface area contributed by atoms with Crippen LogP contribution in [0.1, 0.15) is 5.56 Å². The summed E-state index contributed by atoms with van der Waals surface area (Å²) in [6, 6.07) is 6.54. The van der Waals surface area contributed by atoms with Crippen LogP contribution in [0.3, 0.4) is 0 Å². The molecule has 4 nitrogen and oxygen atoms in total. The van der Waals surface area contributed by atoms with Gasteiger partial charge in [-0.2, -0.15) is 14.3 Å². The Morgan fingerprint density at radius 3 is 2.71 bits per heavy atom. The molecule has 17 heavy (non-hydrogen) atoms. The van der Waals surface area contributed by atoms with Crippen LogP contribution in [-0.2, 0) is 16.1 Å². The average Bonchev–Trinajstić information content (AvgIpc) is 2.30. The summed E-state index contributed by atoms with van der Waals surface area (Å²) in [5.74, 6) is 0.144. The van der Waals surface area contributed by atoms with Crippen LogP contribution in [0.4, 0.5) is 8.78 Å². The zero-order valence-corrected chi connectivity index (χ0v) is 9.49. The Morgan fingerprint density at radius 2 is 2.00 bits per heavy atom. The van der Waals surface area contributed by atoms with Crippen molar-refractivity contribution in [2.45, 2.75) is 13.2 Å². The van der Waals surface area contributed by atoms with E-state index in [1.165, 1.54) is 6.07 Å². The number of hydrogen-bond acceptors (Lipinski definition) is 4. The lowest BCUT2D eigenvalue weighted by Gasteiger charge is -2.11. The van der Waals surface area contributed by atoms with E-state index in [2.05, 4.69) is 10.2 Å². The van der Waals surface area contributed by atoms with Crippen LogP contribution < -0.4 is 10.2 Å². The first kappa shape index (κ1) is 13.8. The number of hydrogen-bond donors (Lipinski definition) is 1. The lowest BCUT2D eigenvalue weighted by molar-refractivity contribution is -0.0513. The molecule has 0 bridgehead atoms. The Hall–Kier alpha value is -1.24. The molecular weight excluding hydrogens is 232 g/mol. The van der Waals surface area contributed by atoms with Crippen LogP contribution in [0.25, 0.3) is 0 Å². The number of alkyl halides is 2. The number of hydroxylamine groups is 1. The molecule has 96 valence electrons. The number of methoxy groups -OCH3 is 1. The minimum absolute atomic E-state index is 0.144. The van der Waals surface area contributed by atoms with E-state index in [4.69, 9.17) is 9.57 Å². The maximum atomic E-state index is 12.1. The van der Waals surface area contributed by atoms with Gasteiger partial charge in [0.2, 0.25) is 0 Å². The van der Waals surface area contributed by atoms with E-state index in [9.17, 15) is 8.78 Å². The molecule has 0 saturated heterocycles. The standard InChI is InChI=1S/C11H15F2NO3/c1-15-6-7-16-14-8-9-4-2-3-5-10(9)17-11(12)13/h2-5,11,14H,6-8H2,1H3. The molecule has 6 heteroatoms. The topological polar surface area (TPSA) is 39.7 Å². The lowest BCUT2D eigenvalue weighted by atomic mass is 10.2. The molecule has 0 aliphatic carbocycles. The van der Waals surface area contributed by atoms with Gasteiger partial charge < -0.3 is 9.47 Å². The summed E-state index contributed by atoms with van der Waals surface area (Å²) in [7, 11) is 1.56. The summed E-state index contributed by atoms with van der Waals surface area (Å²) < 4.78 is 33.3. The second-order valence-corrected chi connectivity index (χ2v) is 3.15. The normalized spacial score (nSPS) is 10.8. The molecule has 1 rings (SSSR count). The van der Waals surface area contributed by atoms with Crippen molar-refractivity contribution in [3.05, 3.63) is 29.8 Å². The monoisotopic (exact) mass is 247 g/mol. The molecule has 0 aliphatic rings. The van der Waals surface area contributed by atoms with Crippen molar-refractivity contribution in [3.8, 4) is 5.75 Å². The van der Waals surface area contributed by atoms with Crippen molar-refractivity contribution in [1.29, 1.82) is 0 Å². The fraction of sp³-hybridized carbons (Fsp3) is 0.455. The van der Waals surface area contributed by atoms with Crippen molar-refractivity contribution < 1.29 is 23.1 Å². The van der Waals surface area contributed by atoms with Gasteiger partial charge in [-0.3, -0.25) is 4.84 Å². The number of ether oxygens (including phenoxy) is 2. The fourth-order valence-corrected chi connectivity index (χ4v) is 1.19. The van der Waals surface area contributed by atoms with Gasteiger partial charge in [-0.05, 0) is 6.07 Å². The number of benzene rings is 1. The van der Waals surface area contributed by atoms with Crippen molar-refractivity contribution in [1.82, 2.24) is 5.48 Å². The van der Waals surface area contributed by atoms with E-state index in [0.29, 0.717) is 18.8 Å². The Labute approximate surface area is 98.4 Å². The molecule has 1 aromatic carbocycles. The summed E-state index contributed by atoms with van der Waals surface area (Å²) in [6.45, 7) is -1.70. The van der Waals surface area contributed by atoms with Crippen molar-refractivity contribution in [2.75, 3.05) is 20.3 Å². The highest BCUT2D eigenvalue weighted by molar-refractivity contribution is 5.33. The predicted octanol–water partition coefficient (Wildman–Crippen LogP) is 1.96. The van der Waals surface area contributed by atoms with Gasteiger partial charge in [0.05, 0.1) is 13.2 Å². The van der Waals surface area contributed by atoms with Gasteiger partial charge in [-0.25, -0.2) is 0 Å². The molecule has 0 spiro atoms. The van der Waals surface area contributed by atoms with Crippen LogP contribution in [0.15, 0.2) is 24.3 Å². The van der Waals surface area contributed by atoms with E-state index in [1.54, 1.807) is 25.3 Å². The van der Waals surface area contributed by atoms with Crippen LogP contribution >= 0.6 is 0 Å². The minimum atomic E-state index is -2.83. The molecule has 0 unspecified atom stereocenters. The maximum absolute atomic E-state index is 12.1. The zero-order chi connectivity index (χ0) is 12.5. The first-order chi connectivity index (χ1) is 8.24. The highest BCUT2D eigenvalue weighted by Gasteiger charge is 2.08. The number of halogens is 2. The summed E-state index contributed by atoms with van der Waals surface area (Å²) in [5.41, 5.74) is 3.25. The quantitative estimate of drug-likeness (QED) is 0.563. The largest absolute Gasteiger partial charge is 0.434 e. The smallest absolute Gasteiger partial charge is 0.387 e. The summed E-state index contributed by atoms with van der Waals surface area (Å²) in [6.07, 6.45) is 0. The van der Waals surface area contributed by atoms with Crippen LogP contribution in [0.2, 0.25) is 0 Å². The third-order valence-electron chi connectivity index (χ3n) is 1.94. The third-order valence-corrected chi connectivity index (χ3v) is 1.94. The molecule has 0 amide bonds. The van der Waals surface area contributed by atoms with Crippen LogP contribution in [0, 0.1) is 0 Å². The second-order valence-electron chi connectivity index (χ2n) is 3.15. The molecule has 0 heterocycles. The average molecular weight is 247 g/mol. The highest BCUT2D eigenvalue weighted by Crippen LogP contribution is 2.19. The number of para-hydroxylation sites is 1. The van der Waals surface area contributed by atoms with E-state index < -0.39 is 6.61 Å². The molecule has 0 aromatic heterocycles. The highest BCUT2D eigenvalue weighted by atomic mass is 19.3. The van der Waals surface area contributed by atoms with Gasteiger partial charge in [0.15, 0.2) is 0 Å². The van der Waals surface area contributed by atoms with Crippen LogP contribution in [0.5, 0.6) is 5.75 Å². The fourth-order valence-electron chi connectivity index (χ4n) is 1.19. The van der Waals surface area contributed by atoms with Crippen molar-refractivity contribution in [3.63, 3.8) is 0 Å². The molecule has 0 atom stereocenters. The molecule has 0 aliphatic heterocycles. The lowest BCUT2D eigenvalue weighted by Crippen LogP contribution is -2.18. The first-order valence-corrected chi connectivity index (χ1v) is 5.10. The summed E-state index contributed by atoms with van der Waals surface area (Å²) in [5, 5.41) is 0. The third kappa shape index (κ3) is 5.58. The Kier molecular flexibility index (Phi) is 6.46. The van der Waals surface area contributed by atoms with Gasteiger partial charge in [0, 0.05) is 19.2 Å². The zero-order valence-electron chi connectivity index (χ0n) is 9.49. The predicted molar refractivity (Wildman–Crippen MR) is 57.7 cm³/mol. The Bertz CT molecular complexity index is 323. The maximum Gasteiger partial charge on any atom is 0.387 e. The van der Waals surface area contributed by atoms with E-state index >= 15 is 0 Å². The Morgan fingerprint density at radius 1 is 1.24 bits per heavy atom. The van der Waals surface area contributed by atoms with E-state index in [-0.39, 0.29) is 12.3 Å². The van der Waals surface area contributed by atoms with Gasteiger partial charge >= 0.3 is 6.61 Å². The van der Waals surface area contributed by atoms with Gasteiger partial charge in [-0.15, -0.1) is 0 Å². The SMILES string of the molecule is COCCONCc1ccccc1OC(F)F. The number of nitrogens with one attached hydrogen (secondary N) is 1. The molecule has 0 radical (unpaired) electrons. The molecular formula is C11H15F2NO3. The number of rotatable bonds is 8. The molecule has 1 N–H and O–H groups in total. The van der Waals surface area contributed by atoms with Gasteiger partial charge in [0.1, 0.15) is 5.75 Å². The van der Waals surface area contributed by atoms with Gasteiger partial charge in [-0.1, -0.05) is 18.2 Å². The van der Waals surface area contributed by atoms with Crippen molar-refractivity contribution in [2.24, 2.45) is 0 Å². The Balaban J connectivity index is 2.40. The molecule has 1 aromatic rings. The van der Waals surface area contributed by atoms with E-state index in [1.807, 2.05) is 0 Å². The van der Waals surface area contributed by atoms with Crippen molar-refractivity contribution >= 4 is 0 Å². The minimum Gasteiger partial charge on any atom is -0.434 e. The van der Waals surface area contributed by atoms with Crippen LogP contribution in [-0.4, -0.2) is 26.9 Å². The van der Waals surface area contributed by atoms with Gasteiger partial charge in [0.25, 0.3) is 0 Å². The first-order valence-electron chi connectivity index (χ1n) is 5.10. The van der Waals surface area contributed by atoms with E-state index in [0.717, 1.165) is 0 Å². The molecule has 0 saturated carbocycles. The molecule has 0 fully saturated rings. The summed E-state index contributed by atoms with van der Waals surface area (Å²) in [4.78, 5) is 5.02. The second kappa shape index (κ2) is 7.94.